The Balaban J connectivity index is 1.44. The third-order valence-corrected chi connectivity index (χ3v) is 7.07. The van der Waals surface area contributed by atoms with Crippen LogP contribution in [-0.2, 0) is 6.54 Å². The van der Waals surface area contributed by atoms with E-state index >= 15 is 0 Å². The van der Waals surface area contributed by atoms with Crippen molar-refractivity contribution in [2.75, 3.05) is 24.5 Å². The second kappa shape index (κ2) is 9.11. The van der Waals surface area contributed by atoms with Gasteiger partial charge in [-0.3, -0.25) is 9.48 Å². The van der Waals surface area contributed by atoms with Crippen LogP contribution in [0.2, 0.25) is 0 Å². The van der Waals surface area contributed by atoms with E-state index in [-0.39, 0.29) is 23.6 Å². The highest BCUT2D eigenvalue weighted by Gasteiger charge is 2.35. The number of aromatic nitrogens is 5. The van der Waals surface area contributed by atoms with Gasteiger partial charge in [0.15, 0.2) is 5.65 Å². The van der Waals surface area contributed by atoms with Crippen LogP contribution in [-0.4, -0.2) is 61.0 Å². The summed E-state index contributed by atoms with van der Waals surface area (Å²) >= 11 is 0. The molecular weight excluding hydrogens is 473 g/mol. The van der Waals surface area contributed by atoms with Crippen LogP contribution < -0.4 is 4.90 Å². The monoisotopic (exact) mass is 500 g/mol. The fraction of sp³-hybridized carbons (Fsp3) is 0.542. The summed E-state index contributed by atoms with van der Waals surface area (Å²) < 4.78 is 41.3. The Labute approximate surface area is 206 Å². The number of rotatable bonds is 4. The predicted molar refractivity (Wildman–Crippen MR) is 124 cm³/mol. The molecule has 5 heterocycles. The quantitative estimate of drug-likeness (QED) is 0.541. The van der Waals surface area contributed by atoms with Gasteiger partial charge in [-0.2, -0.15) is 28.6 Å². The van der Waals surface area contributed by atoms with E-state index in [2.05, 4.69) is 23.0 Å². The molecule has 2 fully saturated rings. The van der Waals surface area contributed by atoms with Gasteiger partial charge in [0.2, 0.25) is 0 Å². The molecule has 0 N–H and O–H groups in total. The molecule has 0 spiro atoms. The zero-order chi connectivity index (χ0) is 25.6. The van der Waals surface area contributed by atoms with Gasteiger partial charge in [-0.05, 0) is 38.2 Å². The minimum atomic E-state index is -4.48. The number of halogens is 3. The van der Waals surface area contributed by atoms with E-state index in [0.29, 0.717) is 35.5 Å². The molecule has 9 nitrogen and oxygen atoms in total. The summed E-state index contributed by atoms with van der Waals surface area (Å²) in [7, 11) is 0. The highest BCUT2D eigenvalue weighted by atomic mass is 19.4. The molecule has 0 aliphatic carbocycles. The average Bonchev–Trinajstić information content (AvgIpc) is 3.55. The number of amides is 1. The molecule has 36 heavy (non-hydrogen) atoms. The molecule has 3 aromatic rings. The Bertz CT molecular complexity index is 1320. The summed E-state index contributed by atoms with van der Waals surface area (Å²) in [6.07, 6.45) is 0.917. The molecule has 2 aliphatic rings. The Morgan fingerprint density at radius 3 is 2.81 bits per heavy atom. The fourth-order valence-corrected chi connectivity index (χ4v) is 5.25. The zero-order valence-corrected chi connectivity index (χ0v) is 20.1. The first kappa shape index (κ1) is 24.1. The van der Waals surface area contributed by atoms with Crippen LogP contribution in [0.1, 0.15) is 54.0 Å². The van der Waals surface area contributed by atoms with Crippen LogP contribution in [0.4, 0.5) is 19.0 Å². The number of piperidine rings is 1. The van der Waals surface area contributed by atoms with Gasteiger partial charge < -0.3 is 9.80 Å². The highest BCUT2D eigenvalue weighted by molar-refractivity contribution is 5.93. The maximum absolute atomic E-state index is 13.4. The number of aryl methyl sites for hydroxylation is 1. The maximum atomic E-state index is 13.4. The first-order valence-corrected chi connectivity index (χ1v) is 12.1. The van der Waals surface area contributed by atoms with Crippen molar-refractivity contribution in [3.8, 4) is 6.07 Å². The van der Waals surface area contributed by atoms with E-state index in [9.17, 15) is 23.2 Å². The normalized spacial score (nSPS) is 22.8. The molecule has 0 unspecified atom stereocenters. The van der Waals surface area contributed by atoms with Gasteiger partial charge in [0.05, 0.1) is 23.7 Å². The number of carbonyl (C=O) groups excluding carboxylic acids is 1. The van der Waals surface area contributed by atoms with Crippen molar-refractivity contribution in [2.24, 2.45) is 11.8 Å². The Morgan fingerprint density at radius 2 is 2.08 bits per heavy atom. The van der Waals surface area contributed by atoms with Crippen molar-refractivity contribution < 1.29 is 18.0 Å². The van der Waals surface area contributed by atoms with Gasteiger partial charge in [0.25, 0.3) is 5.91 Å². The summed E-state index contributed by atoms with van der Waals surface area (Å²) in [4.78, 5) is 21.9. The maximum Gasteiger partial charge on any atom is 0.408 e. The van der Waals surface area contributed by atoms with Crippen molar-refractivity contribution >= 4 is 17.4 Å². The summed E-state index contributed by atoms with van der Waals surface area (Å²) in [6, 6.07) is 5.16. The van der Waals surface area contributed by atoms with Crippen LogP contribution in [0.15, 0.2) is 24.5 Å². The van der Waals surface area contributed by atoms with Crippen LogP contribution in [0.25, 0.3) is 5.65 Å². The highest BCUT2D eigenvalue weighted by Crippen LogP contribution is 2.34. The van der Waals surface area contributed by atoms with Crippen LogP contribution in [0, 0.1) is 30.1 Å². The molecule has 0 radical (unpaired) electrons. The zero-order valence-electron chi connectivity index (χ0n) is 20.1. The van der Waals surface area contributed by atoms with E-state index in [1.54, 1.807) is 9.42 Å². The molecule has 2 aliphatic heterocycles. The van der Waals surface area contributed by atoms with E-state index in [4.69, 9.17) is 10.1 Å². The molecule has 1 amide bonds. The second-order valence-electron chi connectivity index (χ2n) is 9.74. The average molecular weight is 501 g/mol. The Kier molecular flexibility index (Phi) is 6.10. The SMILES string of the molecule is Cc1cn2nc([C@@H]3CCCCN3C(=O)c3ccnn3CC(F)(F)F)cc2nc1N1C[C@@H](C#N)[C@@H](C)C1. The molecule has 3 atom stereocenters. The fourth-order valence-electron chi connectivity index (χ4n) is 5.25. The molecule has 2 saturated heterocycles. The first-order chi connectivity index (χ1) is 17.1. The lowest BCUT2D eigenvalue weighted by Crippen LogP contribution is -2.40. The molecule has 0 saturated carbocycles. The third-order valence-electron chi connectivity index (χ3n) is 7.07. The molecule has 3 aromatic heterocycles. The topological polar surface area (TPSA) is 95.3 Å². The van der Waals surface area contributed by atoms with Gasteiger partial charge in [0.1, 0.15) is 18.1 Å². The standard InChI is InChI=1S/C24H27F3N8O/c1-15-11-32(13-17(15)10-28)22-16(2)12-34-21(30-22)9-18(31-34)19-5-3-4-8-33(19)23(36)20-6-7-29-35(20)14-24(25,26)27/h6-7,9,12,15,17,19H,3-5,8,11,13-14H2,1-2H3/t15-,17+,19-/m0/s1. The number of anilines is 1. The molecular formula is C24H27F3N8O. The Hall–Kier alpha value is -3.62. The van der Waals surface area contributed by atoms with Crippen LogP contribution in [0.5, 0.6) is 0 Å². The predicted octanol–water partition coefficient (Wildman–Crippen LogP) is 3.76. The number of fused-ring (bicyclic) bond motifs is 1. The first-order valence-electron chi connectivity index (χ1n) is 12.1. The summed E-state index contributed by atoms with van der Waals surface area (Å²) in [6.45, 7) is 4.49. The third kappa shape index (κ3) is 4.50. The van der Waals surface area contributed by atoms with E-state index in [1.807, 2.05) is 19.2 Å². The number of hydrogen-bond acceptors (Lipinski definition) is 6. The minimum absolute atomic E-state index is 0.0458. The number of alkyl halides is 3. The van der Waals surface area contributed by atoms with Crippen molar-refractivity contribution in [1.29, 1.82) is 5.26 Å². The lowest BCUT2D eigenvalue weighted by atomic mass is 9.99. The van der Waals surface area contributed by atoms with Crippen molar-refractivity contribution in [1.82, 2.24) is 29.3 Å². The van der Waals surface area contributed by atoms with Gasteiger partial charge in [-0.1, -0.05) is 6.92 Å². The number of nitrogens with zero attached hydrogens (tertiary/aromatic N) is 8. The van der Waals surface area contributed by atoms with Crippen LogP contribution in [0.3, 0.4) is 0 Å². The van der Waals surface area contributed by atoms with Crippen molar-refractivity contribution in [3.05, 3.63) is 41.5 Å². The molecule has 5 rings (SSSR count). The van der Waals surface area contributed by atoms with Crippen molar-refractivity contribution in [2.45, 2.75) is 51.9 Å². The second-order valence-corrected chi connectivity index (χ2v) is 9.74. The van der Waals surface area contributed by atoms with E-state index < -0.39 is 18.6 Å². The molecule has 0 bridgehead atoms. The number of nitriles is 1. The van der Waals surface area contributed by atoms with E-state index in [1.165, 1.54) is 12.3 Å². The van der Waals surface area contributed by atoms with Crippen LogP contribution >= 0.6 is 0 Å². The van der Waals surface area contributed by atoms with Gasteiger partial charge >= 0.3 is 6.18 Å². The molecule has 12 heteroatoms. The van der Waals surface area contributed by atoms with Gasteiger partial charge in [-0.25, -0.2) is 9.50 Å². The van der Waals surface area contributed by atoms with Gasteiger partial charge in [-0.15, -0.1) is 0 Å². The molecule has 0 aromatic carbocycles. The van der Waals surface area contributed by atoms with Crippen molar-refractivity contribution in [3.63, 3.8) is 0 Å². The smallest absolute Gasteiger partial charge is 0.355 e. The minimum Gasteiger partial charge on any atom is -0.355 e. The lowest BCUT2D eigenvalue weighted by molar-refractivity contribution is -0.142. The molecule has 190 valence electrons. The summed E-state index contributed by atoms with van der Waals surface area (Å²) in [5.74, 6) is 0.527. The largest absolute Gasteiger partial charge is 0.408 e. The summed E-state index contributed by atoms with van der Waals surface area (Å²) in [5.41, 5.74) is 2.11. The number of hydrogen-bond donors (Lipinski definition) is 0. The van der Waals surface area contributed by atoms with Gasteiger partial charge in [0, 0.05) is 43.7 Å². The number of carbonyl (C=O) groups is 1. The lowest BCUT2D eigenvalue weighted by Gasteiger charge is -2.34. The van der Waals surface area contributed by atoms with E-state index in [0.717, 1.165) is 30.8 Å². The summed E-state index contributed by atoms with van der Waals surface area (Å²) in [5, 5.41) is 17.8. The Morgan fingerprint density at radius 1 is 1.28 bits per heavy atom. The number of likely N-dealkylation sites (tertiary alicyclic amines) is 1.